The number of anilines is 2. The summed E-state index contributed by atoms with van der Waals surface area (Å²) in [5.41, 5.74) is 6.42. The molecule has 0 bridgehead atoms. The fraction of sp³-hybridized carbons (Fsp3) is 0.364. The first-order chi connectivity index (χ1) is 12.9. The van der Waals surface area contributed by atoms with E-state index in [1.165, 1.54) is 24.0 Å². The van der Waals surface area contributed by atoms with Gasteiger partial charge in [-0.2, -0.15) is 0 Å². The van der Waals surface area contributed by atoms with Crippen LogP contribution in [0.3, 0.4) is 0 Å². The average molecular weight is 384 g/mol. The molecule has 0 saturated heterocycles. The van der Waals surface area contributed by atoms with Crippen LogP contribution in [0.5, 0.6) is 0 Å². The Balaban J connectivity index is 1.82. The van der Waals surface area contributed by atoms with Gasteiger partial charge in [-0.1, -0.05) is 43.2 Å². The molecule has 0 fully saturated rings. The zero-order valence-electron chi connectivity index (χ0n) is 16.6. The smallest absolute Gasteiger partial charge is 0.243 e. The molecule has 0 unspecified atom stereocenters. The third kappa shape index (κ3) is 6.68. The van der Waals surface area contributed by atoms with Crippen molar-refractivity contribution >= 4 is 34.6 Å². The molecule has 5 heteroatoms. The SMILES string of the molecule is CCCCc1ccc(NC(=S)NCC(=O)Nc2c(C)cc(C)cc2C)cc1. The molecule has 3 N–H and O–H groups in total. The lowest BCUT2D eigenvalue weighted by Crippen LogP contribution is -2.35. The maximum atomic E-state index is 12.2. The molecular weight excluding hydrogens is 354 g/mol. The first-order valence-electron chi connectivity index (χ1n) is 9.40. The van der Waals surface area contributed by atoms with E-state index in [0.717, 1.165) is 28.9 Å². The fourth-order valence-electron chi connectivity index (χ4n) is 3.03. The van der Waals surface area contributed by atoms with Gasteiger partial charge in [0.1, 0.15) is 0 Å². The normalized spacial score (nSPS) is 10.4. The summed E-state index contributed by atoms with van der Waals surface area (Å²) < 4.78 is 0. The summed E-state index contributed by atoms with van der Waals surface area (Å²) in [5.74, 6) is -0.121. The van der Waals surface area contributed by atoms with E-state index >= 15 is 0 Å². The molecule has 1 amide bonds. The fourth-order valence-corrected chi connectivity index (χ4v) is 3.22. The van der Waals surface area contributed by atoms with Crippen LogP contribution < -0.4 is 16.0 Å². The van der Waals surface area contributed by atoms with Crippen molar-refractivity contribution < 1.29 is 4.79 Å². The van der Waals surface area contributed by atoms with Gasteiger partial charge < -0.3 is 16.0 Å². The number of carbonyl (C=O) groups is 1. The Morgan fingerprint density at radius 1 is 1.00 bits per heavy atom. The van der Waals surface area contributed by atoms with E-state index in [9.17, 15) is 4.79 Å². The van der Waals surface area contributed by atoms with Crippen LogP contribution in [0.1, 0.15) is 42.0 Å². The highest BCUT2D eigenvalue weighted by Crippen LogP contribution is 2.21. The maximum absolute atomic E-state index is 12.2. The van der Waals surface area contributed by atoms with Gasteiger partial charge in [-0.25, -0.2) is 0 Å². The zero-order chi connectivity index (χ0) is 19.8. The molecule has 0 aromatic heterocycles. The lowest BCUT2D eigenvalue weighted by atomic mass is 10.1. The molecule has 0 spiro atoms. The van der Waals surface area contributed by atoms with Crippen molar-refractivity contribution in [1.82, 2.24) is 5.32 Å². The second-order valence-electron chi connectivity index (χ2n) is 6.93. The number of hydrogen-bond acceptors (Lipinski definition) is 2. The van der Waals surface area contributed by atoms with E-state index in [-0.39, 0.29) is 12.5 Å². The maximum Gasteiger partial charge on any atom is 0.243 e. The average Bonchev–Trinajstić information content (AvgIpc) is 2.62. The van der Waals surface area contributed by atoms with Crippen molar-refractivity contribution in [2.75, 3.05) is 17.2 Å². The van der Waals surface area contributed by atoms with Gasteiger partial charge in [0.25, 0.3) is 0 Å². The Labute approximate surface area is 167 Å². The van der Waals surface area contributed by atoms with Crippen molar-refractivity contribution in [3.8, 4) is 0 Å². The molecule has 0 atom stereocenters. The van der Waals surface area contributed by atoms with Crippen LogP contribution in [-0.4, -0.2) is 17.6 Å². The monoisotopic (exact) mass is 383 g/mol. The summed E-state index contributed by atoms with van der Waals surface area (Å²) in [7, 11) is 0. The summed E-state index contributed by atoms with van der Waals surface area (Å²) in [4.78, 5) is 12.2. The summed E-state index contributed by atoms with van der Waals surface area (Å²) in [6.45, 7) is 8.36. The first kappa shape index (κ1) is 20.9. The molecule has 0 saturated carbocycles. The molecule has 144 valence electrons. The van der Waals surface area contributed by atoms with Crippen molar-refractivity contribution in [2.24, 2.45) is 0 Å². The van der Waals surface area contributed by atoms with Gasteiger partial charge in [0.05, 0.1) is 6.54 Å². The molecule has 0 heterocycles. The molecule has 0 aliphatic heterocycles. The molecule has 4 nitrogen and oxygen atoms in total. The van der Waals surface area contributed by atoms with E-state index in [1.807, 2.05) is 32.9 Å². The van der Waals surface area contributed by atoms with Gasteiger partial charge in [-0.05, 0) is 74.7 Å². The minimum atomic E-state index is -0.121. The van der Waals surface area contributed by atoms with Crippen LogP contribution in [0, 0.1) is 20.8 Å². The minimum Gasteiger partial charge on any atom is -0.353 e. The van der Waals surface area contributed by atoms with Crippen LogP contribution in [0.2, 0.25) is 0 Å². The second-order valence-corrected chi connectivity index (χ2v) is 7.34. The van der Waals surface area contributed by atoms with E-state index in [4.69, 9.17) is 12.2 Å². The highest BCUT2D eigenvalue weighted by Gasteiger charge is 2.09. The number of amides is 1. The number of nitrogens with one attached hydrogen (secondary N) is 3. The number of hydrogen-bond donors (Lipinski definition) is 3. The van der Waals surface area contributed by atoms with E-state index < -0.39 is 0 Å². The lowest BCUT2D eigenvalue weighted by Gasteiger charge is -2.14. The molecule has 0 aliphatic carbocycles. The number of benzene rings is 2. The van der Waals surface area contributed by atoms with Crippen molar-refractivity contribution in [3.63, 3.8) is 0 Å². The predicted molar refractivity (Wildman–Crippen MR) is 119 cm³/mol. The molecule has 2 rings (SSSR count). The van der Waals surface area contributed by atoms with E-state index in [1.54, 1.807) is 0 Å². The highest BCUT2D eigenvalue weighted by molar-refractivity contribution is 7.80. The number of carbonyl (C=O) groups excluding carboxylic acids is 1. The molecule has 0 aliphatic rings. The van der Waals surface area contributed by atoms with Crippen LogP contribution in [-0.2, 0) is 11.2 Å². The molecule has 2 aromatic rings. The molecule has 27 heavy (non-hydrogen) atoms. The Morgan fingerprint density at radius 2 is 1.63 bits per heavy atom. The topological polar surface area (TPSA) is 53.2 Å². The Bertz CT molecular complexity index is 777. The number of aryl methyl sites for hydroxylation is 4. The van der Waals surface area contributed by atoms with Gasteiger partial charge in [0, 0.05) is 11.4 Å². The molecular formula is C22H29N3OS. The van der Waals surface area contributed by atoms with E-state index in [0.29, 0.717) is 5.11 Å². The minimum absolute atomic E-state index is 0.118. The van der Waals surface area contributed by atoms with Gasteiger partial charge in [-0.15, -0.1) is 0 Å². The highest BCUT2D eigenvalue weighted by atomic mass is 32.1. The van der Waals surface area contributed by atoms with E-state index in [2.05, 4.69) is 47.1 Å². The van der Waals surface area contributed by atoms with Crippen molar-refractivity contribution in [1.29, 1.82) is 0 Å². The largest absolute Gasteiger partial charge is 0.353 e. The third-order valence-corrected chi connectivity index (χ3v) is 4.63. The van der Waals surface area contributed by atoms with Crippen molar-refractivity contribution in [2.45, 2.75) is 47.0 Å². The lowest BCUT2D eigenvalue weighted by molar-refractivity contribution is -0.115. The van der Waals surface area contributed by atoms with Gasteiger partial charge in [0.2, 0.25) is 5.91 Å². The summed E-state index contributed by atoms with van der Waals surface area (Å²) in [6, 6.07) is 12.4. The summed E-state index contributed by atoms with van der Waals surface area (Å²) in [5, 5.41) is 9.47. The van der Waals surface area contributed by atoms with Crippen LogP contribution >= 0.6 is 12.2 Å². The summed E-state index contributed by atoms with van der Waals surface area (Å²) >= 11 is 5.29. The summed E-state index contributed by atoms with van der Waals surface area (Å²) in [6.07, 6.45) is 3.48. The quantitative estimate of drug-likeness (QED) is 0.597. The Hall–Kier alpha value is -2.40. The Morgan fingerprint density at radius 3 is 2.22 bits per heavy atom. The second kappa shape index (κ2) is 10.1. The van der Waals surface area contributed by atoms with Crippen LogP contribution in [0.15, 0.2) is 36.4 Å². The first-order valence-corrected chi connectivity index (χ1v) is 9.81. The number of rotatable bonds is 7. The zero-order valence-corrected chi connectivity index (χ0v) is 17.4. The molecule has 2 aromatic carbocycles. The number of unbranched alkanes of at least 4 members (excludes halogenated alkanes) is 1. The van der Waals surface area contributed by atoms with Gasteiger partial charge in [-0.3, -0.25) is 4.79 Å². The van der Waals surface area contributed by atoms with Gasteiger partial charge >= 0.3 is 0 Å². The predicted octanol–water partition coefficient (Wildman–Crippen LogP) is 4.88. The van der Waals surface area contributed by atoms with Crippen molar-refractivity contribution in [3.05, 3.63) is 58.7 Å². The number of thiocarbonyl (C=S) groups is 1. The Kier molecular flexibility index (Phi) is 7.80. The third-order valence-electron chi connectivity index (χ3n) is 4.38. The van der Waals surface area contributed by atoms with Crippen LogP contribution in [0.25, 0.3) is 0 Å². The standard InChI is InChI=1S/C22H29N3OS/c1-5-6-7-18-8-10-19(11-9-18)24-22(27)23-14-20(26)25-21-16(3)12-15(2)13-17(21)4/h8-13H,5-7,14H2,1-4H3,(H,25,26)(H2,23,24,27). The molecule has 0 radical (unpaired) electrons. The van der Waals surface area contributed by atoms with Crippen LogP contribution in [0.4, 0.5) is 11.4 Å². The van der Waals surface area contributed by atoms with Gasteiger partial charge in [0.15, 0.2) is 5.11 Å².